The van der Waals surface area contributed by atoms with E-state index in [0.29, 0.717) is 0 Å². The normalized spacial score (nSPS) is 47.2. The Morgan fingerprint density at radius 1 is 0.944 bits per heavy atom. The van der Waals surface area contributed by atoms with Gasteiger partial charge in [-0.1, -0.05) is 13.8 Å². The van der Waals surface area contributed by atoms with Crippen LogP contribution in [0.2, 0.25) is 0 Å². The third-order valence-electron chi connectivity index (χ3n) is 5.46. The van der Waals surface area contributed by atoms with E-state index in [1.54, 1.807) is 0 Å². The minimum atomic E-state index is 0.738. The Kier molecular flexibility index (Phi) is 3.68. The van der Waals surface area contributed by atoms with E-state index in [0.717, 1.165) is 35.9 Å². The van der Waals surface area contributed by atoms with Gasteiger partial charge in [0.2, 0.25) is 0 Å². The van der Waals surface area contributed by atoms with Crippen molar-refractivity contribution in [3.05, 3.63) is 0 Å². The summed E-state index contributed by atoms with van der Waals surface area (Å²) in [4.78, 5) is 2.85. The van der Waals surface area contributed by atoms with Crippen LogP contribution in [0.3, 0.4) is 0 Å². The van der Waals surface area contributed by atoms with Gasteiger partial charge < -0.3 is 5.32 Å². The van der Waals surface area contributed by atoms with E-state index < -0.39 is 0 Å². The molecule has 3 aliphatic rings. The maximum absolute atomic E-state index is 3.78. The lowest BCUT2D eigenvalue weighted by molar-refractivity contribution is 0.0415. The van der Waals surface area contributed by atoms with Crippen LogP contribution in [0.4, 0.5) is 0 Å². The van der Waals surface area contributed by atoms with E-state index in [-0.39, 0.29) is 0 Å². The van der Waals surface area contributed by atoms with Crippen LogP contribution in [-0.4, -0.2) is 36.1 Å². The quantitative estimate of drug-likeness (QED) is 0.811. The van der Waals surface area contributed by atoms with Crippen molar-refractivity contribution >= 4 is 0 Å². The van der Waals surface area contributed by atoms with Crippen molar-refractivity contribution in [3.8, 4) is 0 Å². The van der Waals surface area contributed by atoms with Gasteiger partial charge in [-0.15, -0.1) is 0 Å². The van der Waals surface area contributed by atoms with Crippen LogP contribution >= 0.6 is 0 Å². The van der Waals surface area contributed by atoms with E-state index in [4.69, 9.17) is 0 Å². The van der Waals surface area contributed by atoms with Gasteiger partial charge in [0.05, 0.1) is 0 Å². The van der Waals surface area contributed by atoms with Gasteiger partial charge >= 0.3 is 0 Å². The lowest BCUT2D eigenvalue weighted by Crippen LogP contribution is -2.60. The summed E-state index contributed by atoms with van der Waals surface area (Å²) >= 11 is 0. The average molecular weight is 250 g/mol. The van der Waals surface area contributed by atoms with Gasteiger partial charge in [0.1, 0.15) is 0 Å². The molecule has 2 nitrogen and oxygen atoms in total. The Balaban J connectivity index is 1.64. The molecule has 3 rings (SSSR count). The molecular weight excluding hydrogens is 220 g/mol. The Morgan fingerprint density at radius 2 is 1.61 bits per heavy atom. The number of piperazine rings is 1. The van der Waals surface area contributed by atoms with Gasteiger partial charge in [-0.25, -0.2) is 0 Å². The summed E-state index contributed by atoms with van der Waals surface area (Å²) in [5, 5.41) is 3.78. The van der Waals surface area contributed by atoms with E-state index in [2.05, 4.69) is 31.0 Å². The molecule has 1 heterocycles. The molecule has 0 spiro atoms. The molecule has 4 unspecified atom stereocenters. The molecule has 2 heteroatoms. The van der Waals surface area contributed by atoms with Crippen molar-refractivity contribution in [1.82, 2.24) is 10.2 Å². The number of rotatable bonds is 2. The fourth-order valence-corrected chi connectivity index (χ4v) is 4.41. The van der Waals surface area contributed by atoms with Crippen molar-refractivity contribution in [2.45, 2.75) is 71.0 Å². The second-order valence-corrected chi connectivity index (χ2v) is 7.47. The van der Waals surface area contributed by atoms with Gasteiger partial charge in [-0.2, -0.15) is 0 Å². The van der Waals surface area contributed by atoms with Gasteiger partial charge in [0, 0.05) is 31.2 Å². The van der Waals surface area contributed by atoms with Crippen molar-refractivity contribution < 1.29 is 0 Å². The van der Waals surface area contributed by atoms with E-state index >= 15 is 0 Å². The van der Waals surface area contributed by atoms with Crippen LogP contribution in [0.25, 0.3) is 0 Å². The first kappa shape index (κ1) is 12.9. The number of nitrogens with zero attached hydrogens (tertiary/aromatic N) is 1. The topological polar surface area (TPSA) is 15.3 Å². The van der Waals surface area contributed by atoms with Gasteiger partial charge in [0.25, 0.3) is 0 Å². The largest absolute Gasteiger partial charge is 0.311 e. The van der Waals surface area contributed by atoms with E-state index in [9.17, 15) is 0 Å². The number of nitrogens with one attached hydrogen (secondary N) is 1. The molecule has 2 saturated carbocycles. The number of hydrogen-bond acceptors (Lipinski definition) is 2. The predicted molar refractivity (Wildman–Crippen MR) is 76.6 cm³/mol. The highest BCUT2D eigenvalue weighted by Crippen LogP contribution is 2.37. The highest BCUT2D eigenvalue weighted by atomic mass is 15.3. The third-order valence-corrected chi connectivity index (χ3v) is 5.46. The molecule has 0 radical (unpaired) electrons. The highest BCUT2D eigenvalue weighted by molar-refractivity contribution is 4.96. The minimum Gasteiger partial charge on any atom is -0.311 e. The molecular formula is C16H30N2. The van der Waals surface area contributed by atoms with Crippen LogP contribution in [0.15, 0.2) is 0 Å². The molecule has 1 saturated heterocycles. The van der Waals surface area contributed by atoms with Crippen LogP contribution in [-0.2, 0) is 0 Å². The summed E-state index contributed by atoms with van der Waals surface area (Å²) < 4.78 is 0. The van der Waals surface area contributed by atoms with Gasteiger partial charge in [-0.3, -0.25) is 4.90 Å². The molecule has 0 aromatic rings. The van der Waals surface area contributed by atoms with Crippen LogP contribution in [0.1, 0.15) is 52.9 Å². The third kappa shape index (κ3) is 2.75. The number of hydrogen-bond donors (Lipinski definition) is 1. The summed E-state index contributed by atoms with van der Waals surface area (Å²) in [6, 6.07) is 2.40. The Labute approximate surface area is 113 Å². The fourth-order valence-electron chi connectivity index (χ4n) is 4.41. The zero-order valence-corrected chi connectivity index (χ0v) is 12.4. The maximum atomic E-state index is 3.78. The summed E-state index contributed by atoms with van der Waals surface area (Å²) in [7, 11) is 0. The first-order valence-corrected chi connectivity index (χ1v) is 8.12. The molecule has 4 atom stereocenters. The second-order valence-electron chi connectivity index (χ2n) is 7.47. The van der Waals surface area contributed by atoms with Crippen LogP contribution < -0.4 is 5.32 Å². The zero-order chi connectivity index (χ0) is 12.7. The van der Waals surface area contributed by atoms with E-state index in [1.165, 1.54) is 45.2 Å². The minimum absolute atomic E-state index is 0.738. The standard InChI is InChI=1S/C16H30N2/c1-11-6-12(2)8-15(7-11)18-10-16(14-4-5-14)17-9-13(18)3/h11-17H,4-10H2,1-3H3. The molecule has 1 aliphatic heterocycles. The SMILES string of the molecule is CC1CC(C)CC(N2CC(C3CC3)NCC2C)C1. The molecule has 0 aromatic carbocycles. The first-order valence-electron chi connectivity index (χ1n) is 8.12. The molecule has 0 bridgehead atoms. The molecule has 0 amide bonds. The molecule has 0 aromatic heterocycles. The Bertz CT molecular complexity index is 277. The molecule has 3 fully saturated rings. The summed E-state index contributed by atoms with van der Waals surface area (Å²) in [6.07, 6.45) is 7.26. The molecule has 2 aliphatic carbocycles. The molecule has 1 N–H and O–H groups in total. The average Bonchev–Trinajstić information content (AvgIpc) is 3.12. The Hall–Kier alpha value is -0.0800. The Morgan fingerprint density at radius 3 is 2.22 bits per heavy atom. The molecule has 104 valence electrons. The lowest BCUT2D eigenvalue weighted by atomic mass is 9.79. The van der Waals surface area contributed by atoms with Crippen LogP contribution in [0, 0.1) is 17.8 Å². The van der Waals surface area contributed by atoms with Crippen molar-refractivity contribution in [1.29, 1.82) is 0 Å². The summed E-state index contributed by atoms with van der Waals surface area (Å²) in [6.45, 7) is 9.85. The smallest absolute Gasteiger partial charge is 0.0224 e. The summed E-state index contributed by atoms with van der Waals surface area (Å²) in [5.74, 6) is 2.86. The van der Waals surface area contributed by atoms with Gasteiger partial charge in [0.15, 0.2) is 0 Å². The summed E-state index contributed by atoms with van der Waals surface area (Å²) in [5.41, 5.74) is 0. The van der Waals surface area contributed by atoms with Crippen LogP contribution in [0.5, 0.6) is 0 Å². The zero-order valence-electron chi connectivity index (χ0n) is 12.4. The predicted octanol–water partition coefficient (Wildman–Crippen LogP) is 2.88. The van der Waals surface area contributed by atoms with Crippen molar-refractivity contribution in [2.75, 3.05) is 13.1 Å². The second kappa shape index (κ2) is 5.13. The van der Waals surface area contributed by atoms with Gasteiger partial charge in [-0.05, 0) is 56.8 Å². The van der Waals surface area contributed by atoms with Crippen molar-refractivity contribution in [2.24, 2.45) is 17.8 Å². The van der Waals surface area contributed by atoms with E-state index in [1.807, 2.05) is 0 Å². The maximum Gasteiger partial charge on any atom is 0.0224 e. The highest BCUT2D eigenvalue weighted by Gasteiger charge is 2.39. The monoisotopic (exact) mass is 250 g/mol. The molecule has 18 heavy (non-hydrogen) atoms. The van der Waals surface area contributed by atoms with Crippen molar-refractivity contribution in [3.63, 3.8) is 0 Å². The fraction of sp³-hybridized carbons (Fsp3) is 1.00. The first-order chi connectivity index (χ1) is 8.63. The lowest BCUT2D eigenvalue weighted by Gasteiger charge is -2.47.